The number of aliphatic hydroxyl groups is 7. The molecule has 186 valence electrons. The minimum atomic E-state index is -1.78. The van der Waals surface area contributed by atoms with E-state index in [1.807, 2.05) is 0 Å². The summed E-state index contributed by atoms with van der Waals surface area (Å²) in [6, 6.07) is 3.72. The Kier molecular flexibility index (Phi) is 8.41. The standard InChI is InChI=1S/C18H25ClN2O12/c19-7-2-1-6(3-8(7)21(29)30)20-17-14(27)13(26)16(10(5-23)31-17)33-18-15(28)12(25)11(24)9(4-22)32-18/h1-3,9-18,20,22-28H,4-5H2/t9-,10-,11+,12+,13-,14+,15+,16+,17+,18+/m0/s1. The molecule has 0 aromatic heterocycles. The number of aliphatic hydroxyl groups excluding tert-OH is 7. The lowest BCUT2D eigenvalue weighted by Crippen LogP contribution is -2.65. The number of benzene rings is 1. The maximum atomic E-state index is 11.1. The number of ether oxygens (including phenoxy) is 3. The molecule has 33 heavy (non-hydrogen) atoms. The Labute approximate surface area is 191 Å². The first-order valence-corrected chi connectivity index (χ1v) is 10.3. The van der Waals surface area contributed by atoms with Crippen LogP contribution < -0.4 is 5.32 Å². The number of hydrogen-bond donors (Lipinski definition) is 8. The Hall–Kier alpha value is -1.69. The summed E-state index contributed by atoms with van der Waals surface area (Å²) < 4.78 is 16.2. The summed E-state index contributed by atoms with van der Waals surface area (Å²) in [6.45, 7) is -1.43. The van der Waals surface area contributed by atoms with Crippen molar-refractivity contribution >= 4 is 23.0 Å². The van der Waals surface area contributed by atoms with Crippen LogP contribution >= 0.6 is 11.6 Å². The highest BCUT2D eigenvalue weighted by molar-refractivity contribution is 6.32. The van der Waals surface area contributed by atoms with Gasteiger partial charge in [-0.15, -0.1) is 0 Å². The Morgan fingerprint density at radius 2 is 1.64 bits per heavy atom. The molecule has 10 atom stereocenters. The van der Waals surface area contributed by atoms with Gasteiger partial charge in [-0.1, -0.05) is 11.6 Å². The number of nitrogens with zero attached hydrogens (tertiary/aromatic N) is 1. The molecule has 0 amide bonds. The molecule has 2 aliphatic heterocycles. The zero-order valence-corrected chi connectivity index (χ0v) is 17.7. The molecule has 15 heteroatoms. The number of rotatable bonds is 7. The minimum absolute atomic E-state index is 0.114. The predicted molar refractivity (Wildman–Crippen MR) is 108 cm³/mol. The fourth-order valence-electron chi connectivity index (χ4n) is 3.62. The average molecular weight is 497 g/mol. The lowest BCUT2D eigenvalue weighted by atomic mass is 9.96. The molecular weight excluding hydrogens is 472 g/mol. The van der Waals surface area contributed by atoms with Crippen LogP contribution in [0.3, 0.4) is 0 Å². The summed E-state index contributed by atoms with van der Waals surface area (Å²) >= 11 is 5.77. The number of nitro groups is 1. The molecule has 1 aromatic carbocycles. The van der Waals surface area contributed by atoms with Crippen molar-refractivity contribution in [2.24, 2.45) is 0 Å². The van der Waals surface area contributed by atoms with Crippen LogP contribution in [-0.2, 0) is 14.2 Å². The van der Waals surface area contributed by atoms with Crippen LogP contribution in [0.1, 0.15) is 0 Å². The van der Waals surface area contributed by atoms with E-state index in [1.54, 1.807) is 0 Å². The van der Waals surface area contributed by atoms with Gasteiger partial charge in [-0.2, -0.15) is 0 Å². The van der Waals surface area contributed by atoms with Crippen LogP contribution in [0.5, 0.6) is 0 Å². The van der Waals surface area contributed by atoms with Crippen LogP contribution in [0, 0.1) is 10.1 Å². The topological polar surface area (TPSA) is 224 Å². The van der Waals surface area contributed by atoms with Crippen molar-refractivity contribution in [2.75, 3.05) is 18.5 Å². The first-order chi connectivity index (χ1) is 15.6. The predicted octanol–water partition coefficient (Wildman–Crippen LogP) is -2.72. The molecule has 2 aliphatic rings. The molecule has 0 radical (unpaired) electrons. The second kappa shape index (κ2) is 10.7. The third-order valence-electron chi connectivity index (χ3n) is 5.46. The van der Waals surface area contributed by atoms with Crippen molar-refractivity contribution in [3.05, 3.63) is 33.3 Å². The third-order valence-corrected chi connectivity index (χ3v) is 5.78. The smallest absolute Gasteiger partial charge is 0.289 e. The van der Waals surface area contributed by atoms with Crippen molar-refractivity contribution in [3.8, 4) is 0 Å². The minimum Gasteiger partial charge on any atom is -0.394 e. The average Bonchev–Trinajstić information content (AvgIpc) is 2.79. The summed E-state index contributed by atoms with van der Waals surface area (Å²) in [6.07, 6.45) is -15.6. The van der Waals surface area contributed by atoms with E-state index in [2.05, 4.69) is 5.32 Å². The highest BCUT2D eigenvalue weighted by atomic mass is 35.5. The fourth-order valence-corrected chi connectivity index (χ4v) is 3.80. The van der Waals surface area contributed by atoms with E-state index >= 15 is 0 Å². The molecule has 0 aliphatic carbocycles. The first-order valence-electron chi connectivity index (χ1n) is 9.88. The molecule has 2 fully saturated rings. The van der Waals surface area contributed by atoms with E-state index in [4.69, 9.17) is 25.8 Å². The maximum absolute atomic E-state index is 11.1. The molecule has 1 aromatic rings. The van der Waals surface area contributed by atoms with Crippen molar-refractivity contribution in [1.82, 2.24) is 0 Å². The van der Waals surface area contributed by atoms with Gasteiger partial charge in [0, 0.05) is 11.8 Å². The zero-order valence-electron chi connectivity index (χ0n) is 16.9. The zero-order chi connectivity index (χ0) is 24.4. The fraction of sp³-hybridized carbons (Fsp3) is 0.667. The van der Waals surface area contributed by atoms with E-state index in [0.717, 1.165) is 6.07 Å². The summed E-state index contributed by atoms with van der Waals surface area (Å²) in [5.41, 5.74) is -0.276. The second-order valence-corrected chi connectivity index (χ2v) is 8.03. The van der Waals surface area contributed by atoms with Gasteiger partial charge < -0.3 is 55.3 Å². The van der Waals surface area contributed by atoms with Crippen LogP contribution in [0.25, 0.3) is 0 Å². The lowest BCUT2D eigenvalue weighted by Gasteiger charge is -2.46. The van der Waals surface area contributed by atoms with Crippen molar-refractivity contribution < 1.29 is 54.9 Å². The molecule has 0 unspecified atom stereocenters. The Balaban J connectivity index is 1.74. The van der Waals surface area contributed by atoms with Crippen molar-refractivity contribution in [1.29, 1.82) is 0 Å². The van der Waals surface area contributed by atoms with Crippen LogP contribution in [0.2, 0.25) is 5.02 Å². The van der Waals surface area contributed by atoms with Crippen molar-refractivity contribution in [2.45, 2.75) is 61.3 Å². The van der Waals surface area contributed by atoms with Gasteiger partial charge in [0.1, 0.15) is 53.9 Å². The van der Waals surface area contributed by atoms with Gasteiger partial charge in [0.05, 0.1) is 18.1 Å². The number of nitro benzene ring substituents is 1. The molecule has 2 heterocycles. The molecule has 0 saturated carbocycles. The summed E-state index contributed by atoms with van der Waals surface area (Å²) in [5.74, 6) is 0. The third kappa shape index (κ3) is 5.36. The number of anilines is 1. The van der Waals surface area contributed by atoms with Crippen LogP contribution in [-0.4, -0.2) is 115 Å². The van der Waals surface area contributed by atoms with Gasteiger partial charge in [0.25, 0.3) is 5.69 Å². The number of hydrogen-bond acceptors (Lipinski definition) is 13. The lowest BCUT2D eigenvalue weighted by molar-refractivity contribution is -0.384. The van der Waals surface area contributed by atoms with Crippen molar-refractivity contribution in [3.63, 3.8) is 0 Å². The van der Waals surface area contributed by atoms with E-state index in [1.165, 1.54) is 12.1 Å². The summed E-state index contributed by atoms with van der Waals surface area (Å²) in [4.78, 5) is 10.4. The quantitative estimate of drug-likeness (QED) is 0.142. The van der Waals surface area contributed by atoms with Crippen LogP contribution in [0.15, 0.2) is 18.2 Å². The molecule has 2 saturated heterocycles. The molecule has 3 rings (SSSR count). The molecule has 8 N–H and O–H groups in total. The largest absolute Gasteiger partial charge is 0.394 e. The highest BCUT2D eigenvalue weighted by Crippen LogP contribution is 2.32. The Bertz CT molecular complexity index is 830. The Morgan fingerprint density at radius 1 is 0.970 bits per heavy atom. The number of halogens is 1. The van der Waals surface area contributed by atoms with Gasteiger partial charge in [-0.05, 0) is 12.1 Å². The van der Waals surface area contributed by atoms with E-state index in [0.29, 0.717) is 0 Å². The first kappa shape index (κ1) is 25.9. The normalized spacial score (nSPS) is 39.3. The Morgan fingerprint density at radius 3 is 2.24 bits per heavy atom. The second-order valence-electron chi connectivity index (χ2n) is 7.62. The van der Waals surface area contributed by atoms with Gasteiger partial charge in [0.15, 0.2) is 12.5 Å². The number of nitrogens with one attached hydrogen (secondary N) is 1. The summed E-state index contributed by atoms with van der Waals surface area (Å²) in [7, 11) is 0. The van der Waals surface area contributed by atoms with Gasteiger partial charge in [-0.3, -0.25) is 10.1 Å². The highest BCUT2D eigenvalue weighted by Gasteiger charge is 2.50. The molecule has 0 spiro atoms. The molecule has 14 nitrogen and oxygen atoms in total. The van der Waals surface area contributed by atoms with Gasteiger partial charge >= 0.3 is 0 Å². The molecular formula is C18H25ClN2O12. The van der Waals surface area contributed by atoms with E-state index < -0.39 is 85.2 Å². The van der Waals surface area contributed by atoms with Gasteiger partial charge in [-0.25, -0.2) is 0 Å². The summed E-state index contributed by atoms with van der Waals surface area (Å²) in [5, 5.41) is 83.6. The van der Waals surface area contributed by atoms with E-state index in [-0.39, 0.29) is 10.7 Å². The maximum Gasteiger partial charge on any atom is 0.289 e. The van der Waals surface area contributed by atoms with Crippen LogP contribution in [0.4, 0.5) is 11.4 Å². The monoisotopic (exact) mass is 496 g/mol. The van der Waals surface area contributed by atoms with Gasteiger partial charge in [0.2, 0.25) is 0 Å². The van der Waals surface area contributed by atoms with E-state index in [9.17, 15) is 45.9 Å². The SMILES string of the molecule is O=[N+]([O-])c1cc(N[C@@H]2O[C@@H](CO)[C@@H](O[C@H]3O[C@@H](CO)[C@@H](O)[C@@H](O)[C@H]3O)[C@@H](O)[C@H]2O)ccc1Cl. The molecule has 0 bridgehead atoms.